The molecule has 0 aliphatic carbocycles. The Morgan fingerprint density at radius 1 is 0.500 bits per heavy atom. The fourth-order valence-corrected chi connectivity index (χ4v) is 3.11. The highest BCUT2D eigenvalue weighted by atomic mass is 16.3. The quantitative estimate of drug-likeness (QED) is 0.199. The van der Waals surface area contributed by atoms with Gasteiger partial charge in [-0.15, -0.1) is 0 Å². The van der Waals surface area contributed by atoms with Crippen LogP contribution in [0.15, 0.2) is 109 Å². The predicted molar refractivity (Wildman–Crippen MR) is 139 cm³/mol. The van der Waals surface area contributed by atoms with Crippen molar-refractivity contribution in [3.8, 4) is 23.0 Å². The number of phenols is 4. The molecule has 4 N–H and O–H groups in total. The van der Waals surface area contributed by atoms with Crippen molar-refractivity contribution in [2.45, 2.75) is 0 Å². The van der Waals surface area contributed by atoms with E-state index >= 15 is 0 Å². The Morgan fingerprint density at radius 2 is 0.861 bits per heavy atom. The van der Waals surface area contributed by atoms with Gasteiger partial charge in [-0.2, -0.15) is 0 Å². The Morgan fingerprint density at radius 3 is 1.19 bits per heavy atom. The molecule has 0 saturated heterocycles. The first kappa shape index (κ1) is 25.5. The van der Waals surface area contributed by atoms with E-state index in [0.29, 0.717) is 0 Å². The standard InChI is InChI=1S/2C15H12O3/c2*16-12-7-8-13(15(18)10-12)14(17)9-6-11-4-2-1-3-5-11/h2*1-10,16,18H. The molecule has 0 atom stereocenters. The highest BCUT2D eigenvalue weighted by Crippen LogP contribution is 2.24. The minimum absolute atomic E-state index is 0.0731. The average Bonchev–Trinajstić information content (AvgIpc) is 2.87. The van der Waals surface area contributed by atoms with Gasteiger partial charge >= 0.3 is 0 Å². The maximum Gasteiger partial charge on any atom is 0.189 e. The summed E-state index contributed by atoms with van der Waals surface area (Å²) < 4.78 is 0. The van der Waals surface area contributed by atoms with Gasteiger partial charge in [-0.05, 0) is 47.5 Å². The summed E-state index contributed by atoms with van der Waals surface area (Å²) in [4.78, 5) is 23.6. The number of aromatic hydroxyl groups is 4. The number of rotatable bonds is 6. The lowest BCUT2D eigenvalue weighted by molar-refractivity contribution is 0.103. The zero-order valence-corrected chi connectivity index (χ0v) is 19.2. The molecule has 0 bridgehead atoms. The van der Waals surface area contributed by atoms with E-state index in [2.05, 4.69) is 0 Å². The molecule has 4 aromatic carbocycles. The molecule has 6 heteroatoms. The van der Waals surface area contributed by atoms with Crippen molar-refractivity contribution >= 4 is 23.7 Å². The van der Waals surface area contributed by atoms with Crippen LogP contribution in [0.2, 0.25) is 0 Å². The molecule has 4 aromatic rings. The van der Waals surface area contributed by atoms with Gasteiger partial charge in [-0.1, -0.05) is 72.8 Å². The zero-order chi connectivity index (χ0) is 25.9. The third-order valence-corrected chi connectivity index (χ3v) is 4.95. The summed E-state index contributed by atoms with van der Waals surface area (Å²) in [5, 5.41) is 37.4. The second kappa shape index (κ2) is 12.4. The fraction of sp³-hybridized carbons (Fsp3) is 0. The molecule has 36 heavy (non-hydrogen) atoms. The molecule has 0 aliphatic rings. The molecular weight excluding hydrogens is 456 g/mol. The maximum atomic E-state index is 11.8. The summed E-state index contributed by atoms with van der Waals surface area (Å²) >= 11 is 0. The molecule has 0 aliphatic heterocycles. The van der Waals surface area contributed by atoms with Gasteiger partial charge in [0.25, 0.3) is 0 Å². The highest BCUT2D eigenvalue weighted by molar-refractivity contribution is 6.09. The monoisotopic (exact) mass is 480 g/mol. The highest BCUT2D eigenvalue weighted by Gasteiger charge is 2.09. The van der Waals surface area contributed by atoms with Crippen molar-refractivity contribution in [2.75, 3.05) is 0 Å². The maximum absolute atomic E-state index is 11.8. The van der Waals surface area contributed by atoms with Crippen LogP contribution in [0.3, 0.4) is 0 Å². The SMILES string of the molecule is O=C(C=Cc1ccccc1)c1ccc(O)cc1O.O=C(C=Cc1ccccc1)c1ccc(O)cc1O. The molecule has 0 amide bonds. The Bertz CT molecular complexity index is 1280. The smallest absolute Gasteiger partial charge is 0.189 e. The molecule has 0 heterocycles. The van der Waals surface area contributed by atoms with E-state index < -0.39 is 0 Å². The lowest BCUT2D eigenvalue weighted by Crippen LogP contribution is -1.94. The fourth-order valence-electron chi connectivity index (χ4n) is 3.11. The van der Waals surface area contributed by atoms with Crippen LogP contribution in [0.1, 0.15) is 31.8 Å². The van der Waals surface area contributed by atoms with Crippen molar-refractivity contribution < 1.29 is 30.0 Å². The number of allylic oxidation sites excluding steroid dienone is 2. The Kier molecular flexibility index (Phi) is 8.78. The van der Waals surface area contributed by atoms with Gasteiger partial charge < -0.3 is 20.4 Å². The summed E-state index contributed by atoms with van der Waals surface area (Å²) in [6.45, 7) is 0. The molecule has 180 valence electrons. The second-order valence-corrected chi connectivity index (χ2v) is 7.62. The number of hydrogen-bond acceptors (Lipinski definition) is 6. The number of phenolic OH excluding ortho intramolecular Hbond substituents is 4. The van der Waals surface area contributed by atoms with Gasteiger partial charge in [0.05, 0.1) is 11.1 Å². The lowest BCUT2D eigenvalue weighted by Gasteiger charge is -2.00. The second-order valence-electron chi connectivity index (χ2n) is 7.62. The van der Waals surface area contributed by atoms with Crippen LogP contribution in [-0.4, -0.2) is 32.0 Å². The Balaban J connectivity index is 0.000000201. The Labute approximate surface area is 208 Å². The number of hydrogen-bond donors (Lipinski definition) is 4. The first-order chi connectivity index (χ1) is 17.3. The summed E-state index contributed by atoms with van der Waals surface area (Å²) in [7, 11) is 0. The first-order valence-corrected chi connectivity index (χ1v) is 10.9. The molecule has 0 spiro atoms. The molecule has 0 fully saturated rings. The third-order valence-electron chi connectivity index (χ3n) is 4.95. The van der Waals surface area contributed by atoms with Crippen LogP contribution >= 0.6 is 0 Å². The van der Waals surface area contributed by atoms with Gasteiger partial charge in [0.15, 0.2) is 11.6 Å². The Hall–Kier alpha value is -5.10. The number of benzene rings is 4. The van der Waals surface area contributed by atoms with Gasteiger partial charge in [0, 0.05) is 12.1 Å². The van der Waals surface area contributed by atoms with Crippen LogP contribution in [-0.2, 0) is 0 Å². The van der Waals surface area contributed by atoms with Crippen molar-refractivity contribution in [1.82, 2.24) is 0 Å². The zero-order valence-electron chi connectivity index (χ0n) is 19.2. The molecular formula is C30H24O6. The number of carbonyl (C=O) groups excluding carboxylic acids is 2. The third kappa shape index (κ3) is 7.46. The molecule has 0 saturated carbocycles. The van der Waals surface area contributed by atoms with Crippen molar-refractivity contribution in [3.05, 3.63) is 131 Å². The van der Waals surface area contributed by atoms with E-state index in [1.807, 2.05) is 60.7 Å². The largest absolute Gasteiger partial charge is 0.508 e. The number of carbonyl (C=O) groups is 2. The van der Waals surface area contributed by atoms with Crippen LogP contribution < -0.4 is 0 Å². The molecule has 6 nitrogen and oxygen atoms in total. The number of ketones is 2. The molecule has 0 radical (unpaired) electrons. The predicted octanol–water partition coefficient (Wildman–Crippen LogP) is 5.99. The minimum Gasteiger partial charge on any atom is -0.508 e. The van der Waals surface area contributed by atoms with Crippen molar-refractivity contribution in [3.63, 3.8) is 0 Å². The average molecular weight is 481 g/mol. The van der Waals surface area contributed by atoms with Gasteiger partial charge in [0.2, 0.25) is 0 Å². The van der Waals surface area contributed by atoms with Gasteiger partial charge in [-0.25, -0.2) is 0 Å². The minimum atomic E-state index is -0.309. The van der Waals surface area contributed by atoms with Crippen LogP contribution in [0.25, 0.3) is 12.2 Å². The van der Waals surface area contributed by atoms with Crippen molar-refractivity contribution in [1.29, 1.82) is 0 Å². The van der Waals surface area contributed by atoms with Crippen LogP contribution in [0.5, 0.6) is 23.0 Å². The van der Waals surface area contributed by atoms with Gasteiger partial charge in [0.1, 0.15) is 23.0 Å². The van der Waals surface area contributed by atoms with E-state index in [0.717, 1.165) is 23.3 Å². The topological polar surface area (TPSA) is 115 Å². The van der Waals surface area contributed by atoms with E-state index in [9.17, 15) is 19.8 Å². The first-order valence-electron chi connectivity index (χ1n) is 10.9. The van der Waals surface area contributed by atoms with E-state index in [4.69, 9.17) is 10.2 Å². The summed E-state index contributed by atoms with van der Waals surface area (Å²) in [5.74, 6) is -1.21. The summed E-state index contributed by atoms with van der Waals surface area (Å²) in [6, 6.07) is 26.6. The van der Waals surface area contributed by atoms with Crippen LogP contribution in [0, 0.1) is 0 Å². The molecule has 0 unspecified atom stereocenters. The molecule has 0 aromatic heterocycles. The lowest BCUT2D eigenvalue weighted by atomic mass is 10.1. The van der Waals surface area contributed by atoms with E-state index in [1.165, 1.54) is 36.4 Å². The summed E-state index contributed by atoms with van der Waals surface area (Å²) in [5.41, 5.74) is 2.15. The molecule has 4 rings (SSSR count). The van der Waals surface area contributed by atoms with E-state index in [1.54, 1.807) is 12.2 Å². The normalized spacial score (nSPS) is 10.7. The van der Waals surface area contributed by atoms with E-state index in [-0.39, 0.29) is 45.7 Å². The van der Waals surface area contributed by atoms with Crippen molar-refractivity contribution in [2.24, 2.45) is 0 Å². The van der Waals surface area contributed by atoms with Gasteiger partial charge in [-0.3, -0.25) is 9.59 Å². The van der Waals surface area contributed by atoms with Crippen LogP contribution in [0.4, 0.5) is 0 Å². The summed E-state index contributed by atoms with van der Waals surface area (Å²) in [6.07, 6.45) is 6.13.